The predicted octanol–water partition coefficient (Wildman–Crippen LogP) is 2.79. The molecule has 0 aliphatic heterocycles. The lowest BCUT2D eigenvalue weighted by Crippen LogP contribution is -1.98. The summed E-state index contributed by atoms with van der Waals surface area (Å²) in [5.74, 6) is 0.0430. The second-order valence-electron chi connectivity index (χ2n) is 2.53. The fraction of sp³-hybridized carbons (Fsp3) is 0.333. The van der Waals surface area contributed by atoms with Gasteiger partial charge >= 0.3 is 0 Å². The third-order valence-corrected chi connectivity index (χ3v) is 2.50. The van der Waals surface area contributed by atoms with Gasteiger partial charge in [0, 0.05) is 13.8 Å². The van der Waals surface area contributed by atoms with Gasteiger partial charge in [-0.05, 0) is 47.2 Å². The van der Waals surface area contributed by atoms with E-state index < -0.39 is 0 Å². The van der Waals surface area contributed by atoms with Crippen molar-refractivity contribution in [3.05, 3.63) is 27.6 Å². The lowest BCUT2D eigenvalue weighted by molar-refractivity contribution is 0.301. The van der Waals surface area contributed by atoms with Crippen LogP contribution in [0.4, 0.5) is 4.39 Å². The number of hydrogen-bond acceptors (Lipinski definition) is 1. The van der Waals surface area contributed by atoms with E-state index in [9.17, 15) is 4.39 Å². The summed E-state index contributed by atoms with van der Waals surface area (Å²) >= 11 is 2.06. The third-order valence-electron chi connectivity index (χ3n) is 1.47. The summed E-state index contributed by atoms with van der Waals surface area (Å²) in [4.78, 5) is 0. The maximum Gasteiger partial charge on any atom is 0.166 e. The van der Waals surface area contributed by atoms with Gasteiger partial charge in [0.2, 0.25) is 0 Å². The van der Waals surface area contributed by atoms with Crippen LogP contribution in [0.1, 0.15) is 6.42 Å². The highest BCUT2D eigenvalue weighted by Crippen LogP contribution is 2.19. The van der Waals surface area contributed by atoms with Crippen molar-refractivity contribution < 1.29 is 9.13 Å². The van der Waals surface area contributed by atoms with Gasteiger partial charge in [-0.25, -0.2) is 4.39 Å². The number of rotatable bonds is 4. The molecule has 69 valence electrons. The largest absolute Gasteiger partial charge is 0.491 e. The smallest absolute Gasteiger partial charge is 0.166 e. The van der Waals surface area contributed by atoms with Crippen LogP contribution >= 0.6 is 22.6 Å². The molecular weight excluding hydrogens is 298 g/mol. The molecule has 0 fully saturated rings. The van der Waals surface area contributed by atoms with Gasteiger partial charge in [0.25, 0.3) is 0 Å². The molecule has 0 spiro atoms. The van der Waals surface area contributed by atoms with Crippen molar-refractivity contribution in [2.24, 2.45) is 0 Å². The molecular formula is C9H9FIOSi. The number of halogens is 2. The zero-order valence-electron chi connectivity index (χ0n) is 7.02. The molecule has 0 bridgehead atoms. The highest BCUT2D eigenvalue weighted by molar-refractivity contribution is 14.1. The van der Waals surface area contributed by atoms with Crippen LogP contribution < -0.4 is 4.74 Å². The van der Waals surface area contributed by atoms with E-state index in [0.29, 0.717) is 12.4 Å². The second-order valence-corrected chi connectivity index (χ2v) is 4.27. The maximum atomic E-state index is 13.1. The van der Waals surface area contributed by atoms with Crippen molar-refractivity contribution in [3.63, 3.8) is 0 Å². The van der Waals surface area contributed by atoms with E-state index in [1.54, 1.807) is 6.07 Å². The van der Waals surface area contributed by atoms with Crippen LogP contribution in [0.25, 0.3) is 0 Å². The summed E-state index contributed by atoms with van der Waals surface area (Å²) in [6.07, 6.45) is 0.877. The summed E-state index contributed by atoms with van der Waals surface area (Å²) in [5, 5.41) is 0. The van der Waals surface area contributed by atoms with Crippen molar-refractivity contribution in [1.29, 1.82) is 0 Å². The molecule has 0 aromatic heterocycles. The van der Waals surface area contributed by atoms with E-state index in [1.165, 1.54) is 6.07 Å². The Kier molecular flexibility index (Phi) is 4.72. The number of benzene rings is 1. The fourth-order valence-electron chi connectivity index (χ4n) is 0.847. The minimum absolute atomic E-state index is 0.291. The van der Waals surface area contributed by atoms with Crippen LogP contribution in [0.2, 0.25) is 6.04 Å². The SMILES string of the molecule is Fc1cc(I)ccc1OCCC[Si]. The van der Waals surface area contributed by atoms with Crippen molar-refractivity contribution in [1.82, 2.24) is 0 Å². The molecule has 0 aliphatic carbocycles. The summed E-state index contributed by atoms with van der Waals surface area (Å²) < 4.78 is 19.2. The molecule has 1 aromatic carbocycles. The Balaban J connectivity index is 2.56. The Morgan fingerprint density at radius 3 is 2.85 bits per heavy atom. The van der Waals surface area contributed by atoms with E-state index >= 15 is 0 Å². The normalized spacial score (nSPS) is 10.1. The summed E-state index contributed by atoms with van der Waals surface area (Å²) in [5.41, 5.74) is 0. The van der Waals surface area contributed by atoms with E-state index in [2.05, 4.69) is 32.8 Å². The second kappa shape index (κ2) is 5.59. The van der Waals surface area contributed by atoms with E-state index in [-0.39, 0.29) is 5.82 Å². The molecule has 0 N–H and O–H groups in total. The molecule has 4 heteroatoms. The van der Waals surface area contributed by atoms with Gasteiger partial charge in [0.05, 0.1) is 6.61 Å². The van der Waals surface area contributed by atoms with Gasteiger partial charge in [0.1, 0.15) is 0 Å². The molecule has 1 aromatic rings. The first kappa shape index (κ1) is 11.0. The maximum absolute atomic E-state index is 13.1. The quantitative estimate of drug-likeness (QED) is 0.472. The van der Waals surface area contributed by atoms with Crippen LogP contribution in [-0.2, 0) is 0 Å². The Morgan fingerprint density at radius 2 is 2.23 bits per heavy atom. The lowest BCUT2D eigenvalue weighted by Gasteiger charge is -2.05. The van der Waals surface area contributed by atoms with Crippen LogP contribution in [0.3, 0.4) is 0 Å². The monoisotopic (exact) mass is 307 g/mol. The van der Waals surface area contributed by atoms with Crippen LogP contribution in [0.15, 0.2) is 18.2 Å². The van der Waals surface area contributed by atoms with Gasteiger partial charge in [-0.1, -0.05) is 6.04 Å². The lowest BCUT2D eigenvalue weighted by atomic mass is 10.3. The van der Waals surface area contributed by atoms with Gasteiger partial charge in [-0.15, -0.1) is 0 Å². The molecule has 0 unspecified atom stereocenters. The fourth-order valence-corrected chi connectivity index (χ4v) is 1.44. The van der Waals surface area contributed by atoms with Crippen molar-refractivity contribution in [2.75, 3.05) is 6.61 Å². The molecule has 0 saturated heterocycles. The predicted molar refractivity (Wildman–Crippen MR) is 59.8 cm³/mol. The van der Waals surface area contributed by atoms with E-state index in [4.69, 9.17) is 4.74 Å². The highest BCUT2D eigenvalue weighted by atomic mass is 127. The average molecular weight is 307 g/mol. The van der Waals surface area contributed by atoms with Crippen molar-refractivity contribution >= 4 is 32.8 Å². The van der Waals surface area contributed by atoms with Crippen LogP contribution in [0.5, 0.6) is 5.75 Å². The Hall–Kier alpha value is -0.103. The van der Waals surface area contributed by atoms with Crippen LogP contribution in [-0.4, -0.2) is 16.8 Å². The Labute approximate surface area is 94.2 Å². The minimum Gasteiger partial charge on any atom is -0.491 e. The summed E-state index contributed by atoms with van der Waals surface area (Å²) in [6, 6.07) is 5.81. The topological polar surface area (TPSA) is 9.23 Å². The van der Waals surface area contributed by atoms with Crippen molar-refractivity contribution in [2.45, 2.75) is 12.5 Å². The van der Waals surface area contributed by atoms with Gasteiger partial charge in [-0.2, -0.15) is 0 Å². The molecule has 0 atom stereocenters. The standard InChI is InChI=1S/C9H9FIOSi/c10-8-6-7(11)2-3-9(8)12-4-1-5-13/h2-3,6H,1,4-5H2. The highest BCUT2D eigenvalue weighted by Gasteiger charge is 2.02. The zero-order valence-corrected chi connectivity index (χ0v) is 10.2. The zero-order chi connectivity index (χ0) is 9.68. The van der Waals surface area contributed by atoms with Crippen molar-refractivity contribution in [3.8, 4) is 5.75 Å². The minimum atomic E-state index is -0.291. The molecule has 1 nitrogen and oxygen atoms in total. The Bertz CT molecular complexity index is 280. The first-order valence-corrected chi connectivity index (χ1v) is 5.75. The van der Waals surface area contributed by atoms with Crippen LogP contribution in [0, 0.1) is 9.39 Å². The molecule has 1 rings (SSSR count). The van der Waals surface area contributed by atoms with Gasteiger partial charge < -0.3 is 4.74 Å². The molecule has 3 radical (unpaired) electrons. The summed E-state index contributed by atoms with van der Waals surface area (Å²) in [6.45, 7) is 0.543. The molecule has 0 heterocycles. The summed E-state index contributed by atoms with van der Waals surface area (Å²) in [7, 11) is 3.32. The molecule has 13 heavy (non-hydrogen) atoms. The molecule has 0 aliphatic rings. The number of hydrogen-bond donors (Lipinski definition) is 0. The molecule has 0 amide bonds. The Morgan fingerprint density at radius 1 is 1.46 bits per heavy atom. The average Bonchev–Trinajstić information content (AvgIpc) is 2.09. The van der Waals surface area contributed by atoms with Gasteiger partial charge in [0.15, 0.2) is 11.6 Å². The first-order valence-electron chi connectivity index (χ1n) is 3.96. The third kappa shape index (κ3) is 3.64. The first-order chi connectivity index (χ1) is 6.24. The van der Waals surface area contributed by atoms with E-state index in [0.717, 1.165) is 16.0 Å². The molecule has 0 saturated carbocycles. The van der Waals surface area contributed by atoms with Gasteiger partial charge in [-0.3, -0.25) is 0 Å². The number of ether oxygens (including phenoxy) is 1. The van der Waals surface area contributed by atoms with E-state index in [1.807, 2.05) is 6.07 Å².